The molecular weight excluding hydrogens is 218 g/mol. The Bertz CT molecular complexity index is 102. The lowest BCUT2D eigenvalue weighted by molar-refractivity contribution is 1.23. The average Bonchev–Trinajstić information content (AvgIpc) is 1.85. The first-order valence-corrected chi connectivity index (χ1v) is 10.3. The standard InChI is InChI=1S/C6H20ClNS3/c1-6-11(7)8(9(2)3)10(4)5/h9-11H,6H2,1-5H3. The lowest BCUT2D eigenvalue weighted by Crippen LogP contribution is -2.09. The molecule has 0 bridgehead atoms. The molecule has 0 amide bonds. The Hall–Kier alpha value is 1.30. The highest BCUT2D eigenvalue weighted by atomic mass is 35.7. The average molecular weight is 238 g/mol. The van der Waals surface area contributed by atoms with Crippen molar-refractivity contribution in [3.8, 4) is 0 Å². The zero-order valence-electron chi connectivity index (χ0n) is 7.87. The van der Waals surface area contributed by atoms with Gasteiger partial charge in [0.2, 0.25) is 0 Å². The van der Waals surface area contributed by atoms with Crippen LogP contribution in [0.4, 0.5) is 0 Å². The van der Waals surface area contributed by atoms with E-state index in [1.807, 2.05) is 0 Å². The molecular formula is C6H20ClNS3. The maximum atomic E-state index is 6.24. The van der Waals surface area contributed by atoms with E-state index in [1.54, 1.807) is 0 Å². The van der Waals surface area contributed by atoms with Crippen molar-refractivity contribution < 1.29 is 0 Å². The molecule has 74 valence electrons. The minimum absolute atomic E-state index is 0.0104. The number of rotatable bonds is 4. The van der Waals surface area contributed by atoms with Crippen molar-refractivity contribution in [2.75, 3.05) is 30.8 Å². The quantitative estimate of drug-likeness (QED) is 0.635. The van der Waals surface area contributed by atoms with Crippen molar-refractivity contribution in [2.24, 2.45) is 0 Å². The summed E-state index contributed by atoms with van der Waals surface area (Å²) in [7, 11) is 5.89. The van der Waals surface area contributed by atoms with Crippen LogP contribution < -0.4 is 0 Å². The van der Waals surface area contributed by atoms with E-state index in [-0.39, 0.29) is 32.5 Å². The van der Waals surface area contributed by atoms with E-state index in [2.05, 4.69) is 35.1 Å². The van der Waals surface area contributed by atoms with Crippen LogP contribution >= 0.6 is 43.1 Å². The van der Waals surface area contributed by atoms with E-state index in [4.69, 9.17) is 10.7 Å². The molecule has 0 aromatic heterocycles. The second kappa shape index (κ2) is 5.86. The molecule has 0 aliphatic rings. The Morgan fingerprint density at radius 1 is 1.09 bits per heavy atom. The molecule has 5 heteroatoms. The predicted octanol–water partition coefficient (Wildman–Crippen LogP) is 2.73. The lowest BCUT2D eigenvalue weighted by atomic mass is 11.0. The molecule has 0 saturated heterocycles. The Morgan fingerprint density at radius 3 is 1.55 bits per heavy atom. The fraction of sp³-hybridized carbons (Fsp3) is 1.00. The van der Waals surface area contributed by atoms with Gasteiger partial charge in [0, 0.05) is 0 Å². The second-order valence-electron chi connectivity index (χ2n) is 2.62. The van der Waals surface area contributed by atoms with Gasteiger partial charge in [-0.15, -0.1) is 10.3 Å². The molecule has 0 aromatic carbocycles. The Morgan fingerprint density at radius 2 is 1.45 bits per heavy atom. The predicted molar refractivity (Wildman–Crippen MR) is 68.9 cm³/mol. The molecule has 0 saturated carbocycles. The van der Waals surface area contributed by atoms with Crippen LogP contribution in [-0.2, 0) is 0 Å². The van der Waals surface area contributed by atoms with E-state index >= 15 is 0 Å². The van der Waals surface area contributed by atoms with Crippen molar-refractivity contribution in [3.63, 3.8) is 0 Å². The smallest absolute Gasteiger partial charge is 0.00156 e. The summed E-state index contributed by atoms with van der Waals surface area (Å²) in [5, 5.41) is 0. The van der Waals surface area contributed by atoms with Crippen LogP contribution in [0.3, 0.4) is 0 Å². The van der Waals surface area contributed by atoms with Crippen molar-refractivity contribution in [1.29, 1.82) is 0 Å². The molecule has 1 atom stereocenters. The highest BCUT2D eigenvalue weighted by Gasteiger charge is 2.13. The molecule has 1 unspecified atom stereocenters. The third-order valence-electron chi connectivity index (χ3n) is 1.17. The molecule has 0 N–H and O–H groups in total. The third-order valence-corrected chi connectivity index (χ3v) is 10.9. The lowest BCUT2D eigenvalue weighted by Gasteiger charge is -2.39. The van der Waals surface area contributed by atoms with Crippen molar-refractivity contribution in [1.82, 2.24) is 3.12 Å². The number of hydrogen-bond acceptors (Lipinski definition) is 1. The molecule has 0 aliphatic heterocycles. The minimum Gasteiger partial charge on any atom is -0.189 e. The number of halogens is 1. The number of hydrogen-bond donors (Lipinski definition) is 3. The molecule has 0 heterocycles. The maximum Gasteiger partial charge on any atom is -0.00156 e. The summed E-state index contributed by atoms with van der Waals surface area (Å²) < 4.78 is 2.52. The SMILES string of the molecule is CC[SH](Cl)N([SH](C)C)[SH](C)C. The van der Waals surface area contributed by atoms with Gasteiger partial charge >= 0.3 is 0 Å². The van der Waals surface area contributed by atoms with Crippen molar-refractivity contribution >= 4 is 43.1 Å². The molecule has 0 aromatic rings. The normalized spacial score (nSPS) is 18.3. The van der Waals surface area contributed by atoms with Gasteiger partial charge in [0.1, 0.15) is 0 Å². The van der Waals surface area contributed by atoms with Gasteiger partial charge in [0.15, 0.2) is 0 Å². The van der Waals surface area contributed by atoms with Crippen LogP contribution in [0.25, 0.3) is 0 Å². The fourth-order valence-corrected chi connectivity index (χ4v) is 10.3. The summed E-state index contributed by atoms with van der Waals surface area (Å²) in [6, 6.07) is 0. The van der Waals surface area contributed by atoms with Crippen LogP contribution in [0, 0.1) is 0 Å². The topological polar surface area (TPSA) is 3.24 Å². The number of nitrogens with zero attached hydrogens (tertiary/aromatic N) is 1. The van der Waals surface area contributed by atoms with Gasteiger partial charge in [0.25, 0.3) is 0 Å². The number of thiol groups is 3. The highest BCUT2D eigenvalue weighted by molar-refractivity contribution is 8.49. The summed E-state index contributed by atoms with van der Waals surface area (Å²) >= 11 is 0.0208. The first-order chi connectivity index (χ1) is 5.00. The van der Waals surface area contributed by atoms with Crippen LogP contribution in [0.1, 0.15) is 6.92 Å². The first-order valence-electron chi connectivity index (χ1n) is 3.58. The Labute approximate surface area is 83.8 Å². The molecule has 11 heavy (non-hydrogen) atoms. The summed E-state index contributed by atoms with van der Waals surface area (Å²) in [5.41, 5.74) is 0. The van der Waals surface area contributed by atoms with Crippen LogP contribution in [-0.4, -0.2) is 33.9 Å². The highest BCUT2D eigenvalue weighted by Crippen LogP contribution is 2.53. The maximum absolute atomic E-state index is 6.24. The Balaban J connectivity index is 4.09. The van der Waals surface area contributed by atoms with Crippen LogP contribution in [0.5, 0.6) is 0 Å². The summed E-state index contributed by atoms with van der Waals surface area (Å²) in [4.78, 5) is 0. The monoisotopic (exact) mass is 237 g/mol. The van der Waals surface area contributed by atoms with Gasteiger partial charge in [-0.2, -0.15) is 25.3 Å². The van der Waals surface area contributed by atoms with Crippen molar-refractivity contribution in [3.05, 3.63) is 0 Å². The van der Waals surface area contributed by atoms with E-state index in [0.717, 1.165) is 5.75 Å². The summed E-state index contributed by atoms with van der Waals surface area (Å²) in [6.45, 7) is 2.17. The molecule has 1 nitrogen and oxygen atoms in total. The van der Waals surface area contributed by atoms with Gasteiger partial charge in [-0.05, 0) is 30.8 Å². The third kappa shape index (κ3) is 4.18. The zero-order valence-corrected chi connectivity index (χ0v) is 11.3. The van der Waals surface area contributed by atoms with Crippen molar-refractivity contribution in [2.45, 2.75) is 6.92 Å². The first kappa shape index (κ1) is 12.3. The largest absolute Gasteiger partial charge is 0.189 e. The van der Waals surface area contributed by atoms with Gasteiger partial charge in [-0.3, -0.25) is 0 Å². The summed E-state index contributed by atoms with van der Waals surface area (Å²) in [5.74, 6) is 1.11. The van der Waals surface area contributed by atoms with Gasteiger partial charge in [-0.1, -0.05) is 17.6 Å². The van der Waals surface area contributed by atoms with Gasteiger partial charge < -0.3 is 0 Å². The molecule has 0 radical (unpaired) electrons. The molecule has 0 spiro atoms. The van der Waals surface area contributed by atoms with E-state index < -0.39 is 0 Å². The molecule has 0 rings (SSSR count). The minimum atomic E-state index is -0.358. The van der Waals surface area contributed by atoms with E-state index in [1.165, 1.54) is 0 Å². The molecule has 0 aliphatic carbocycles. The van der Waals surface area contributed by atoms with E-state index in [9.17, 15) is 0 Å². The Kier molecular flexibility index (Phi) is 6.56. The zero-order chi connectivity index (χ0) is 9.02. The van der Waals surface area contributed by atoms with Crippen LogP contribution in [0.2, 0.25) is 0 Å². The molecule has 0 fully saturated rings. The van der Waals surface area contributed by atoms with Gasteiger partial charge in [0.05, 0.1) is 0 Å². The van der Waals surface area contributed by atoms with E-state index in [0.29, 0.717) is 0 Å². The van der Waals surface area contributed by atoms with Gasteiger partial charge in [-0.25, -0.2) is 0 Å². The second-order valence-corrected chi connectivity index (χ2v) is 10.6. The fourth-order valence-electron chi connectivity index (χ4n) is 0.872. The summed E-state index contributed by atoms with van der Waals surface area (Å²) in [6.07, 6.45) is 9.13. The van der Waals surface area contributed by atoms with Crippen LogP contribution in [0.15, 0.2) is 0 Å².